The second kappa shape index (κ2) is 11.2. The molecule has 3 rings (SSSR count). The van der Waals surface area contributed by atoms with Gasteiger partial charge in [0.05, 0.1) is 29.8 Å². The molecule has 1 aliphatic heterocycles. The second-order valence-corrected chi connectivity index (χ2v) is 7.18. The van der Waals surface area contributed by atoms with E-state index in [0.717, 1.165) is 0 Å². The number of aromatic nitrogens is 3. The summed E-state index contributed by atoms with van der Waals surface area (Å²) in [5.74, 6) is -1.14. The van der Waals surface area contributed by atoms with E-state index < -0.39 is 29.7 Å². The summed E-state index contributed by atoms with van der Waals surface area (Å²) in [5, 5.41) is 7.50. The summed E-state index contributed by atoms with van der Waals surface area (Å²) in [7, 11) is 1.41. The fourth-order valence-corrected chi connectivity index (χ4v) is 3.18. The Bertz CT molecular complexity index is 1230. The first-order chi connectivity index (χ1) is 16.4. The van der Waals surface area contributed by atoms with E-state index in [2.05, 4.69) is 31.7 Å². The van der Waals surface area contributed by atoms with Crippen molar-refractivity contribution >= 4 is 29.9 Å². The number of aromatic amines is 1. The second-order valence-electron chi connectivity index (χ2n) is 7.18. The minimum absolute atomic E-state index is 0.0576. The topological polar surface area (TPSA) is 180 Å². The molecule has 35 heavy (non-hydrogen) atoms. The molecule has 2 aromatic rings. The Morgan fingerprint density at radius 1 is 1.34 bits per heavy atom. The van der Waals surface area contributed by atoms with Crippen molar-refractivity contribution in [3.63, 3.8) is 0 Å². The Hall–Kier alpha value is -4.36. The lowest BCUT2D eigenvalue weighted by Crippen LogP contribution is -2.48. The highest BCUT2D eigenvalue weighted by atomic mass is 19.4. The Morgan fingerprint density at radius 2 is 2.03 bits per heavy atom. The molecule has 3 heterocycles. The van der Waals surface area contributed by atoms with Crippen molar-refractivity contribution in [1.82, 2.24) is 19.9 Å². The first-order valence-corrected chi connectivity index (χ1v) is 10.1. The van der Waals surface area contributed by atoms with E-state index in [9.17, 15) is 22.8 Å². The number of nitrogens with zero attached hydrogens (tertiary/aromatic N) is 5. The molecule has 6 N–H and O–H groups in total. The van der Waals surface area contributed by atoms with Crippen LogP contribution >= 0.6 is 0 Å². The number of anilines is 1. The number of hydrogen-bond acceptors (Lipinski definition) is 8. The Balaban J connectivity index is 0.000000456. The van der Waals surface area contributed by atoms with Gasteiger partial charge in [-0.1, -0.05) is 0 Å². The van der Waals surface area contributed by atoms with E-state index in [4.69, 9.17) is 16.9 Å². The number of carbonyl (C=O) groups is 1. The lowest BCUT2D eigenvalue weighted by Gasteiger charge is -2.35. The van der Waals surface area contributed by atoms with E-state index >= 15 is 0 Å². The van der Waals surface area contributed by atoms with Crippen molar-refractivity contribution in [2.45, 2.75) is 25.6 Å². The number of H-pyrrole nitrogens is 1. The molecule has 0 aliphatic carbocycles. The minimum atomic E-state index is -4.64. The lowest BCUT2D eigenvalue weighted by atomic mass is 9.94. The highest BCUT2D eigenvalue weighted by molar-refractivity contribution is 6.37. The maximum Gasteiger partial charge on any atom is 0.434 e. The smallest absolute Gasteiger partial charge is 0.400 e. The van der Waals surface area contributed by atoms with Crippen molar-refractivity contribution in [3.05, 3.63) is 63.7 Å². The Labute approximate surface area is 198 Å². The molecule has 1 atom stereocenters. The molecular weight excluding hydrogens is 467 g/mol. The summed E-state index contributed by atoms with van der Waals surface area (Å²) in [6, 6.07) is 2.63. The molecule has 14 heteroatoms. The summed E-state index contributed by atoms with van der Waals surface area (Å²) in [4.78, 5) is 40.9. The summed E-state index contributed by atoms with van der Waals surface area (Å²) in [5.41, 5.74) is 11.1. The quantitative estimate of drug-likeness (QED) is 0.364. The first kappa shape index (κ1) is 26.9. The fourth-order valence-electron chi connectivity index (χ4n) is 3.18. The van der Waals surface area contributed by atoms with Gasteiger partial charge in [-0.3, -0.25) is 25.0 Å². The number of nitrogens with two attached hydrogens (primary N) is 2. The molecule has 186 valence electrons. The number of nitrogens with one attached hydrogen (secondary N) is 2. The molecule has 0 unspecified atom stereocenters. The zero-order valence-corrected chi connectivity index (χ0v) is 18.9. The molecule has 1 aliphatic rings. The lowest BCUT2D eigenvalue weighted by molar-refractivity contribution is -0.141. The molecule has 0 fully saturated rings. The van der Waals surface area contributed by atoms with Gasteiger partial charge in [0, 0.05) is 31.1 Å². The number of aliphatic imine (C=N–C) groups is 2. The molecule has 0 spiro atoms. The van der Waals surface area contributed by atoms with Crippen molar-refractivity contribution in [2.24, 2.45) is 15.7 Å². The highest BCUT2D eigenvalue weighted by Crippen LogP contribution is 2.28. The summed E-state index contributed by atoms with van der Waals surface area (Å²) < 4.78 is 38.7. The van der Waals surface area contributed by atoms with Gasteiger partial charge >= 0.3 is 6.18 Å². The maximum atomic E-state index is 12.9. The first-order valence-electron chi connectivity index (χ1n) is 10.1. The Kier molecular flexibility index (Phi) is 8.59. The van der Waals surface area contributed by atoms with Gasteiger partial charge in [0.2, 0.25) is 5.84 Å². The third-order valence-electron chi connectivity index (χ3n) is 5.02. The number of hydrogen-bond donors (Lipinski definition) is 4. The molecule has 0 bridgehead atoms. The number of pyridine rings is 1. The SMILES string of the molecule is C=NC(=N)C(=O)N1CCC(C(=NC)c2cncc(C(F)(F)F)n2)=C(N)[C@H]1C.Nc1ccc[nH]c1=O. The van der Waals surface area contributed by atoms with Gasteiger partial charge in [-0.2, -0.15) is 13.2 Å². The van der Waals surface area contributed by atoms with Crippen LogP contribution in [-0.2, 0) is 11.0 Å². The van der Waals surface area contributed by atoms with E-state index in [1.54, 1.807) is 25.3 Å². The number of carbonyl (C=O) groups excluding carboxylic acids is 1. The normalized spacial score (nSPS) is 16.3. The number of amidine groups is 1. The third-order valence-corrected chi connectivity index (χ3v) is 5.02. The van der Waals surface area contributed by atoms with Crippen molar-refractivity contribution in [2.75, 3.05) is 19.3 Å². The van der Waals surface area contributed by atoms with Crippen molar-refractivity contribution < 1.29 is 18.0 Å². The number of halogens is 3. The van der Waals surface area contributed by atoms with Gasteiger partial charge in [-0.15, -0.1) is 0 Å². The average Bonchev–Trinajstić information content (AvgIpc) is 2.83. The monoisotopic (exact) mass is 491 g/mol. The predicted molar refractivity (Wildman–Crippen MR) is 125 cm³/mol. The van der Waals surface area contributed by atoms with Crippen LogP contribution < -0.4 is 17.0 Å². The van der Waals surface area contributed by atoms with Crippen molar-refractivity contribution in [3.8, 4) is 0 Å². The van der Waals surface area contributed by atoms with Gasteiger partial charge in [-0.05, 0) is 32.2 Å². The summed E-state index contributed by atoms with van der Waals surface area (Å²) in [6.07, 6.45) is -1.05. The van der Waals surface area contributed by atoms with Crippen LogP contribution in [0.15, 0.2) is 56.8 Å². The van der Waals surface area contributed by atoms with Gasteiger partial charge in [0.1, 0.15) is 5.69 Å². The average molecular weight is 491 g/mol. The molecule has 0 saturated heterocycles. The van der Waals surface area contributed by atoms with Gasteiger partial charge in [0.25, 0.3) is 11.5 Å². The molecule has 1 amide bonds. The van der Waals surface area contributed by atoms with Crippen LogP contribution in [0.2, 0.25) is 0 Å². The number of alkyl halides is 3. The van der Waals surface area contributed by atoms with Crippen molar-refractivity contribution in [1.29, 1.82) is 5.41 Å². The summed E-state index contributed by atoms with van der Waals surface area (Å²) >= 11 is 0. The van der Waals surface area contributed by atoms with Crippen LogP contribution in [0.4, 0.5) is 18.9 Å². The molecular formula is C21H24F3N9O2. The minimum Gasteiger partial charge on any atom is -0.400 e. The standard InChI is InChI=1S/C16H18F3N7O.C5H6N2O/c1-8-12(20)9(4-5-26(8)15(27)14(21)23-3)13(22-2)10-6-24-7-11(25-10)16(17,18)19;6-4-2-1-3-7-5(4)8/h6-8,21H,3-5,20H2,1-2H3;1-3H,6H2,(H,7,8)/t8-;/m1./s1. The third kappa shape index (κ3) is 6.37. The highest BCUT2D eigenvalue weighted by Gasteiger charge is 2.35. The van der Waals surface area contributed by atoms with E-state index in [1.807, 2.05) is 0 Å². The van der Waals surface area contributed by atoms with Crippen LogP contribution in [-0.4, -0.2) is 63.7 Å². The molecule has 0 saturated carbocycles. The van der Waals surface area contributed by atoms with Crippen LogP contribution in [0.1, 0.15) is 24.7 Å². The van der Waals surface area contributed by atoms with Gasteiger partial charge < -0.3 is 21.4 Å². The van der Waals surface area contributed by atoms with E-state index in [1.165, 1.54) is 18.1 Å². The van der Waals surface area contributed by atoms with Crippen LogP contribution in [0, 0.1) is 5.41 Å². The zero-order chi connectivity index (χ0) is 26.3. The van der Waals surface area contributed by atoms with Crippen LogP contribution in [0.3, 0.4) is 0 Å². The predicted octanol–water partition coefficient (Wildman–Crippen LogP) is 1.38. The maximum absolute atomic E-state index is 12.9. The largest absolute Gasteiger partial charge is 0.434 e. The summed E-state index contributed by atoms with van der Waals surface area (Å²) in [6.45, 7) is 4.99. The van der Waals surface area contributed by atoms with E-state index in [0.29, 0.717) is 11.8 Å². The molecule has 0 radical (unpaired) electrons. The molecule has 0 aromatic carbocycles. The molecule has 11 nitrogen and oxygen atoms in total. The zero-order valence-electron chi connectivity index (χ0n) is 18.9. The van der Waals surface area contributed by atoms with E-state index in [-0.39, 0.29) is 41.3 Å². The Morgan fingerprint density at radius 3 is 2.54 bits per heavy atom. The number of rotatable bonds is 2. The van der Waals surface area contributed by atoms with Gasteiger partial charge in [-0.25, -0.2) is 9.98 Å². The van der Waals surface area contributed by atoms with Crippen LogP contribution in [0.5, 0.6) is 0 Å². The number of amides is 1. The number of nitrogen functional groups attached to an aromatic ring is 1. The molecule has 2 aromatic heterocycles. The fraction of sp³-hybridized carbons (Fsp3) is 0.286. The van der Waals surface area contributed by atoms with Crippen LogP contribution in [0.25, 0.3) is 0 Å². The van der Waals surface area contributed by atoms with Gasteiger partial charge in [0.15, 0.2) is 5.69 Å².